The van der Waals surface area contributed by atoms with Gasteiger partial charge in [0.05, 0.1) is 5.69 Å². The van der Waals surface area contributed by atoms with E-state index in [2.05, 4.69) is 4.98 Å². The Kier molecular flexibility index (Phi) is 6.51. The Labute approximate surface area is 203 Å². The molecule has 34 heavy (non-hydrogen) atoms. The van der Waals surface area contributed by atoms with E-state index in [1.807, 2.05) is 11.4 Å². The molecule has 2 aromatic carbocycles. The molecule has 0 unspecified atom stereocenters. The first-order valence-corrected chi connectivity index (χ1v) is 12.0. The van der Waals surface area contributed by atoms with Gasteiger partial charge in [0.15, 0.2) is 6.61 Å². The molecule has 5 rings (SSSR count). The smallest absolute Gasteiger partial charge is 0.344 e. The summed E-state index contributed by atoms with van der Waals surface area (Å²) in [5.41, 5.74) is 2.63. The number of nitrogens with zero attached hydrogens (tertiary/aromatic N) is 1. The van der Waals surface area contributed by atoms with Crippen LogP contribution in [0.3, 0.4) is 0 Å². The fourth-order valence-corrected chi connectivity index (χ4v) is 4.67. The average Bonchev–Trinajstić information content (AvgIpc) is 3.51. The third kappa shape index (κ3) is 5.08. The Balaban J connectivity index is 1.11. The Bertz CT molecular complexity index is 1400. The molecule has 0 bridgehead atoms. The summed E-state index contributed by atoms with van der Waals surface area (Å²) in [6.45, 7) is 0.0837. The van der Waals surface area contributed by atoms with Crippen LogP contribution in [-0.4, -0.2) is 17.6 Å². The third-order valence-corrected chi connectivity index (χ3v) is 6.58. The number of esters is 1. The number of fused-ring (bicyclic) bond motifs is 3. The number of hydrogen-bond acceptors (Lipinski definition) is 8. The van der Waals surface area contributed by atoms with E-state index < -0.39 is 5.97 Å². The van der Waals surface area contributed by atoms with E-state index in [1.54, 1.807) is 36.4 Å². The summed E-state index contributed by atoms with van der Waals surface area (Å²) in [4.78, 5) is 28.7. The summed E-state index contributed by atoms with van der Waals surface area (Å²) in [5, 5.41) is 4.14. The van der Waals surface area contributed by atoms with Crippen LogP contribution in [0, 0.1) is 0 Å². The van der Waals surface area contributed by atoms with Crippen LogP contribution < -0.4 is 15.1 Å². The number of rotatable bonds is 8. The molecule has 0 radical (unpaired) electrons. The van der Waals surface area contributed by atoms with Crippen molar-refractivity contribution >= 4 is 39.9 Å². The molecule has 0 atom stereocenters. The Morgan fingerprint density at radius 3 is 2.68 bits per heavy atom. The molecule has 0 saturated heterocycles. The van der Waals surface area contributed by atoms with Crippen LogP contribution in [0.1, 0.15) is 28.2 Å². The lowest BCUT2D eigenvalue weighted by molar-refractivity contribution is -0.147. The predicted molar refractivity (Wildman–Crippen MR) is 128 cm³/mol. The van der Waals surface area contributed by atoms with Crippen molar-refractivity contribution in [3.05, 3.63) is 85.1 Å². The molecule has 7 nitrogen and oxygen atoms in total. The summed E-state index contributed by atoms with van der Waals surface area (Å²) >= 11 is 7.29. The van der Waals surface area contributed by atoms with E-state index >= 15 is 0 Å². The number of aryl methyl sites for hydroxylation is 1. The van der Waals surface area contributed by atoms with Crippen LogP contribution in [0.25, 0.3) is 11.0 Å². The predicted octanol–water partition coefficient (Wildman–Crippen LogP) is 5.09. The van der Waals surface area contributed by atoms with Gasteiger partial charge < -0.3 is 18.6 Å². The summed E-state index contributed by atoms with van der Waals surface area (Å²) in [6.07, 6.45) is 2.59. The fourth-order valence-electron chi connectivity index (χ4n) is 3.85. The van der Waals surface area contributed by atoms with Gasteiger partial charge in [-0.25, -0.2) is 14.6 Å². The topological polar surface area (TPSA) is 87.9 Å². The van der Waals surface area contributed by atoms with Gasteiger partial charge in [0.1, 0.15) is 35.3 Å². The van der Waals surface area contributed by atoms with Crippen molar-refractivity contribution < 1.29 is 23.4 Å². The quantitative estimate of drug-likeness (QED) is 0.247. The number of carbonyl (C=O) groups is 1. The lowest BCUT2D eigenvalue weighted by atomic mass is 10.1. The molecule has 9 heteroatoms. The maximum absolute atomic E-state index is 12.2. The Hall–Kier alpha value is -3.36. The van der Waals surface area contributed by atoms with Crippen LogP contribution >= 0.6 is 22.9 Å². The molecule has 1 aliphatic rings. The third-order valence-electron chi connectivity index (χ3n) is 5.46. The van der Waals surface area contributed by atoms with Crippen molar-refractivity contribution in [1.29, 1.82) is 0 Å². The average molecular weight is 498 g/mol. The van der Waals surface area contributed by atoms with Gasteiger partial charge in [-0.3, -0.25) is 0 Å². The number of benzene rings is 2. The minimum Gasteiger partial charge on any atom is -0.486 e. The zero-order valence-electron chi connectivity index (χ0n) is 18.0. The fraction of sp³-hybridized carbons (Fsp3) is 0.240. The first kappa shape index (κ1) is 22.4. The van der Waals surface area contributed by atoms with Gasteiger partial charge in [0, 0.05) is 27.4 Å². The van der Waals surface area contributed by atoms with E-state index in [0.717, 1.165) is 40.8 Å². The molecule has 2 aromatic heterocycles. The minimum absolute atomic E-state index is 0.0401. The van der Waals surface area contributed by atoms with E-state index in [-0.39, 0.29) is 18.8 Å². The number of thiazole rings is 1. The largest absolute Gasteiger partial charge is 0.486 e. The number of hydrogen-bond donors (Lipinski definition) is 0. The highest BCUT2D eigenvalue weighted by molar-refractivity contribution is 7.09. The molecule has 174 valence electrons. The first-order chi connectivity index (χ1) is 16.5. The SMILES string of the molecule is O=C(COc1ccc2c3c(c(=O)oc2c1)CCC3)OCc1csc(COc2ccc(Cl)cc2)n1. The van der Waals surface area contributed by atoms with E-state index in [0.29, 0.717) is 34.4 Å². The van der Waals surface area contributed by atoms with Crippen molar-refractivity contribution in [2.24, 2.45) is 0 Å². The molecular formula is C25H20ClNO6S. The van der Waals surface area contributed by atoms with Crippen molar-refractivity contribution in [1.82, 2.24) is 4.98 Å². The van der Waals surface area contributed by atoms with Crippen molar-refractivity contribution in [3.63, 3.8) is 0 Å². The van der Waals surface area contributed by atoms with Crippen LogP contribution in [0.5, 0.6) is 11.5 Å². The molecule has 0 aliphatic heterocycles. The number of aromatic nitrogens is 1. The van der Waals surface area contributed by atoms with E-state index in [9.17, 15) is 9.59 Å². The standard InChI is InChI=1S/C25H20ClNO6S/c26-15-4-6-17(7-5-15)30-12-23-27-16(14-34-23)11-32-24(28)13-31-18-8-9-20-19-2-1-3-21(19)25(29)33-22(20)10-18/h4-10,14H,1-3,11-13H2. The monoisotopic (exact) mass is 497 g/mol. The van der Waals surface area contributed by atoms with Crippen LogP contribution in [0.2, 0.25) is 5.02 Å². The minimum atomic E-state index is -0.525. The van der Waals surface area contributed by atoms with Crippen molar-refractivity contribution in [2.45, 2.75) is 32.5 Å². The highest BCUT2D eigenvalue weighted by Gasteiger charge is 2.19. The molecule has 4 aromatic rings. The molecule has 2 heterocycles. The number of ether oxygens (including phenoxy) is 3. The lowest BCUT2D eigenvalue weighted by Crippen LogP contribution is -2.15. The molecule has 1 aliphatic carbocycles. The molecule has 0 saturated carbocycles. The first-order valence-electron chi connectivity index (χ1n) is 10.7. The van der Waals surface area contributed by atoms with Gasteiger partial charge in [-0.05, 0) is 61.2 Å². The normalized spacial score (nSPS) is 12.5. The summed E-state index contributed by atoms with van der Waals surface area (Å²) in [6, 6.07) is 12.4. The van der Waals surface area contributed by atoms with Crippen molar-refractivity contribution in [2.75, 3.05) is 6.61 Å². The van der Waals surface area contributed by atoms with Gasteiger partial charge in [-0.15, -0.1) is 11.3 Å². The van der Waals surface area contributed by atoms with Crippen LogP contribution in [0.15, 0.2) is 57.1 Å². The second kappa shape index (κ2) is 9.87. The summed E-state index contributed by atoms with van der Waals surface area (Å²) in [7, 11) is 0. The van der Waals surface area contributed by atoms with Crippen LogP contribution in [0.4, 0.5) is 0 Å². The molecule has 0 amide bonds. The van der Waals surface area contributed by atoms with Gasteiger partial charge in [0.2, 0.25) is 0 Å². The zero-order chi connectivity index (χ0) is 23.5. The summed E-state index contributed by atoms with van der Waals surface area (Å²) < 4.78 is 21.9. The summed E-state index contributed by atoms with van der Waals surface area (Å²) in [5.74, 6) is 0.602. The Morgan fingerprint density at radius 1 is 1.03 bits per heavy atom. The zero-order valence-corrected chi connectivity index (χ0v) is 19.6. The van der Waals surface area contributed by atoms with E-state index in [1.165, 1.54) is 11.3 Å². The highest BCUT2D eigenvalue weighted by Crippen LogP contribution is 2.29. The van der Waals surface area contributed by atoms with Crippen LogP contribution in [-0.2, 0) is 35.6 Å². The second-order valence-electron chi connectivity index (χ2n) is 7.78. The van der Waals surface area contributed by atoms with Crippen molar-refractivity contribution in [3.8, 4) is 11.5 Å². The van der Waals surface area contributed by atoms with Gasteiger partial charge in [-0.2, -0.15) is 0 Å². The maximum Gasteiger partial charge on any atom is 0.344 e. The highest BCUT2D eigenvalue weighted by atomic mass is 35.5. The second-order valence-corrected chi connectivity index (χ2v) is 9.16. The number of halogens is 1. The van der Waals surface area contributed by atoms with E-state index in [4.69, 9.17) is 30.2 Å². The Morgan fingerprint density at radius 2 is 1.82 bits per heavy atom. The van der Waals surface area contributed by atoms with Gasteiger partial charge >= 0.3 is 11.6 Å². The molecular weight excluding hydrogens is 478 g/mol. The molecule has 0 N–H and O–H groups in total. The maximum atomic E-state index is 12.2. The lowest BCUT2D eigenvalue weighted by Gasteiger charge is -2.08. The van der Waals surface area contributed by atoms with Gasteiger partial charge in [0.25, 0.3) is 0 Å². The molecule has 0 fully saturated rings. The molecule has 0 spiro atoms. The van der Waals surface area contributed by atoms with Gasteiger partial charge in [-0.1, -0.05) is 11.6 Å². The number of carbonyl (C=O) groups excluding carboxylic acids is 1.